The Bertz CT molecular complexity index is 1540. The summed E-state index contributed by atoms with van der Waals surface area (Å²) in [5.41, 5.74) is -1.43. The first kappa shape index (κ1) is 49.4. The van der Waals surface area contributed by atoms with Gasteiger partial charge >= 0.3 is 18.3 Å². The Morgan fingerprint density at radius 1 is 0.422 bits per heavy atom. The molecule has 0 atom stereocenters. The highest BCUT2D eigenvalue weighted by Crippen LogP contribution is 2.39. The van der Waals surface area contributed by atoms with E-state index < -0.39 is 23.9 Å². The molecule has 0 aromatic rings. The molecule has 0 aliphatic heterocycles. The molecule has 356 valence electrons. The second kappa shape index (κ2) is 25.6. The fourth-order valence-corrected chi connectivity index (χ4v) is 12.2. The van der Waals surface area contributed by atoms with Crippen molar-refractivity contribution in [2.45, 2.75) is 222 Å². The minimum absolute atomic E-state index is 0.00560. The normalized spacial score (nSPS) is 34.1. The first-order valence-corrected chi connectivity index (χ1v) is 25.1. The number of carbonyl (C=O) groups is 3. The van der Waals surface area contributed by atoms with Crippen molar-refractivity contribution in [3.63, 3.8) is 0 Å². The van der Waals surface area contributed by atoms with Gasteiger partial charge < -0.3 is 30.2 Å². The van der Waals surface area contributed by atoms with E-state index in [9.17, 15) is 28.8 Å². The predicted molar refractivity (Wildman–Crippen MR) is 240 cm³/mol. The van der Waals surface area contributed by atoms with E-state index in [1.807, 2.05) is 0 Å². The summed E-state index contributed by atoms with van der Waals surface area (Å²) >= 11 is 0. The molecule has 6 rings (SSSR count). The molecule has 6 aliphatic rings. The minimum atomic E-state index is -1.43. The van der Waals surface area contributed by atoms with Crippen molar-refractivity contribution in [2.24, 2.45) is 50.5 Å². The summed E-state index contributed by atoms with van der Waals surface area (Å²) in [5, 5.41) is 9.10. The maximum atomic E-state index is 13.4. The summed E-state index contributed by atoms with van der Waals surface area (Å²) < 4.78 is 17.4. The summed E-state index contributed by atoms with van der Waals surface area (Å²) in [6.45, 7) is 1.06. The minimum Gasteiger partial charge on any atom is -0.445 e. The SMILES string of the molecule is CC(COC(=O)NC1CCC(CC2CCC(N=C=O)CC2)CC1)(COC(=O)NC1CCC(CC2CCC(N=C=O)CC2)CC1)OC(=O)NC1CCC(CC2CCC(N=C=O)CC2)CC1. The third kappa shape index (κ3) is 16.7. The lowest BCUT2D eigenvalue weighted by Gasteiger charge is -2.35. The zero-order valence-corrected chi connectivity index (χ0v) is 38.5. The molecule has 64 heavy (non-hydrogen) atoms. The van der Waals surface area contributed by atoms with Crippen LogP contribution in [0.3, 0.4) is 0 Å². The van der Waals surface area contributed by atoms with Crippen LogP contribution in [0.4, 0.5) is 14.4 Å². The van der Waals surface area contributed by atoms with Gasteiger partial charge in [-0.3, -0.25) is 0 Å². The van der Waals surface area contributed by atoms with Gasteiger partial charge in [0.1, 0.15) is 13.2 Å². The molecule has 0 heterocycles. The molecule has 0 saturated heterocycles. The number of alkyl carbamates (subject to hydrolysis) is 3. The average molecular weight is 893 g/mol. The molecular formula is C49H76N6O9. The van der Waals surface area contributed by atoms with Crippen LogP contribution < -0.4 is 16.0 Å². The van der Waals surface area contributed by atoms with Crippen LogP contribution in [0.25, 0.3) is 0 Å². The van der Waals surface area contributed by atoms with Gasteiger partial charge in [-0.25, -0.2) is 43.7 Å². The summed E-state index contributed by atoms with van der Waals surface area (Å²) in [5.74, 6) is 3.81. The van der Waals surface area contributed by atoms with Crippen molar-refractivity contribution < 1.29 is 43.0 Å². The lowest BCUT2D eigenvalue weighted by Crippen LogP contribution is -2.49. The predicted octanol–water partition coefficient (Wildman–Crippen LogP) is 9.45. The van der Waals surface area contributed by atoms with E-state index in [4.69, 9.17) is 14.2 Å². The first-order chi connectivity index (χ1) is 31.1. The summed E-state index contributed by atoms with van der Waals surface area (Å²) in [6.07, 6.45) is 30.5. The Labute approximate surface area is 380 Å². The van der Waals surface area contributed by atoms with Crippen molar-refractivity contribution in [1.29, 1.82) is 0 Å². The van der Waals surface area contributed by atoms with Gasteiger partial charge in [0.25, 0.3) is 0 Å². The third-order valence-electron chi connectivity index (χ3n) is 16.0. The van der Waals surface area contributed by atoms with E-state index in [1.165, 1.54) is 12.8 Å². The van der Waals surface area contributed by atoms with Gasteiger partial charge in [0.2, 0.25) is 18.2 Å². The molecule has 0 aromatic heterocycles. The number of hydrogen-bond donors (Lipinski definition) is 3. The molecule has 6 saturated carbocycles. The van der Waals surface area contributed by atoms with Crippen LogP contribution in [0.5, 0.6) is 0 Å². The number of nitrogens with one attached hydrogen (secondary N) is 3. The average Bonchev–Trinajstić information content (AvgIpc) is 3.29. The molecular weight excluding hydrogens is 817 g/mol. The van der Waals surface area contributed by atoms with Crippen LogP contribution in [0.15, 0.2) is 15.0 Å². The number of nitrogens with zero attached hydrogens (tertiary/aromatic N) is 3. The van der Waals surface area contributed by atoms with Crippen molar-refractivity contribution in [2.75, 3.05) is 13.2 Å². The second-order valence-corrected chi connectivity index (χ2v) is 21.0. The molecule has 0 unspecified atom stereocenters. The standard InChI is InChI=1S/C49H76N6O9/c1-49(64-48(61)55-45-24-12-39(13-25-45)28-36-6-18-42(19-7-36)52-33-58,29-62-46(59)53-43-20-8-37(9-21-43)26-34-2-14-40(15-3-34)50-31-56)30-63-47(60)54-44-22-10-38(11-23-44)27-35-4-16-41(17-5-35)51-32-57/h34-45H,2-30H2,1H3,(H,53,59)(H,54,60)(H,55,61). The number of isocyanates is 3. The molecule has 6 fully saturated rings. The van der Waals surface area contributed by atoms with E-state index in [1.54, 1.807) is 25.2 Å². The molecule has 3 amide bonds. The lowest BCUT2D eigenvalue weighted by atomic mass is 9.76. The van der Waals surface area contributed by atoms with Gasteiger partial charge in [-0.2, -0.15) is 0 Å². The number of ether oxygens (including phenoxy) is 3. The largest absolute Gasteiger partial charge is 0.445 e. The Kier molecular flexibility index (Phi) is 19.7. The zero-order valence-electron chi connectivity index (χ0n) is 38.5. The summed E-state index contributed by atoms with van der Waals surface area (Å²) in [4.78, 5) is 83.5. The highest BCUT2D eigenvalue weighted by atomic mass is 16.6. The van der Waals surface area contributed by atoms with Gasteiger partial charge in [0.05, 0.1) is 18.1 Å². The smallest absolute Gasteiger partial charge is 0.408 e. The Hall–Kier alpha value is -4.05. The second-order valence-electron chi connectivity index (χ2n) is 21.0. The fraction of sp³-hybridized carbons (Fsp3) is 0.878. The summed E-state index contributed by atoms with van der Waals surface area (Å²) in [7, 11) is 0. The topological polar surface area (TPSA) is 203 Å². The van der Waals surface area contributed by atoms with Crippen LogP contribution >= 0.6 is 0 Å². The van der Waals surface area contributed by atoms with Crippen LogP contribution in [0, 0.1) is 35.5 Å². The first-order valence-electron chi connectivity index (χ1n) is 25.1. The van der Waals surface area contributed by atoms with E-state index in [-0.39, 0.29) is 49.5 Å². The molecule has 15 nitrogen and oxygen atoms in total. The molecule has 6 aliphatic carbocycles. The monoisotopic (exact) mass is 893 g/mol. The number of amides is 3. The van der Waals surface area contributed by atoms with Crippen molar-refractivity contribution in [3.8, 4) is 0 Å². The van der Waals surface area contributed by atoms with E-state index in [0.29, 0.717) is 35.5 Å². The molecule has 3 N–H and O–H groups in total. The Morgan fingerprint density at radius 2 is 0.672 bits per heavy atom. The van der Waals surface area contributed by atoms with Crippen LogP contribution in [-0.4, -0.2) is 91.6 Å². The number of aliphatic imine (C=N–C) groups is 3. The number of carbonyl (C=O) groups excluding carboxylic acids is 6. The molecule has 0 aromatic carbocycles. The molecule has 0 radical (unpaired) electrons. The maximum absolute atomic E-state index is 13.4. The van der Waals surface area contributed by atoms with Gasteiger partial charge in [-0.15, -0.1) is 0 Å². The third-order valence-corrected chi connectivity index (χ3v) is 16.0. The zero-order chi connectivity index (χ0) is 45.2. The molecule has 0 bridgehead atoms. The maximum Gasteiger partial charge on any atom is 0.408 e. The van der Waals surface area contributed by atoms with Crippen molar-refractivity contribution >= 4 is 36.5 Å². The number of rotatable bonds is 17. The molecule has 0 spiro atoms. The lowest BCUT2D eigenvalue weighted by molar-refractivity contribution is -0.0602. The van der Waals surface area contributed by atoms with Crippen LogP contribution in [0.1, 0.15) is 180 Å². The fourth-order valence-electron chi connectivity index (χ4n) is 12.2. The van der Waals surface area contributed by atoms with E-state index in [2.05, 4.69) is 30.9 Å². The van der Waals surface area contributed by atoms with Crippen molar-refractivity contribution in [1.82, 2.24) is 16.0 Å². The Balaban J connectivity index is 0.930. The Morgan fingerprint density at radius 3 is 0.938 bits per heavy atom. The van der Waals surface area contributed by atoms with Gasteiger partial charge in [-0.05, 0) is 216 Å². The van der Waals surface area contributed by atoms with E-state index in [0.717, 1.165) is 161 Å². The van der Waals surface area contributed by atoms with Crippen molar-refractivity contribution in [3.05, 3.63) is 0 Å². The highest BCUT2D eigenvalue weighted by Gasteiger charge is 2.36. The van der Waals surface area contributed by atoms with Gasteiger partial charge in [-0.1, -0.05) is 0 Å². The summed E-state index contributed by atoms with van der Waals surface area (Å²) in [6, 6.07) is 0.331. The quantitative estimate of drug-likeness (QED) is 0.0722. The number of hydrogen-bond acceptors (Lipinski definition) is 12. The van der Waals surface area contributed by atoms with Crippen LogP contribution in [-0.2, 0) is 28.6 Å². The van der Waals surface area contributed by atoms with Gasteiger partial charge in [0, 0.05) is 18.1 Å². The highest BCUT2D eigenvalue weighted by molar-refractivity contribution is 5.70. The molecule has 15 heteroatoms. The van der Waals surface area contributed by atoms with Crippen LogP contribution in [0.2, 0.25) is 0 Å². The van der Waals surface area contributed by atoms with E-state index >= 15 is 0 Å². The van der Waals surface area contributed by atoms with Gasteiger partial charge in [0.15, 0.2) is 5.60 Å².